The molecule has 0 atom stereocenters. The summed E-state index contributed by atoms with van der Waals surface area (Å²) in [5, 5.41) is 0. The van der Waals surface area contributed by atoms with Crippen molar-refractivity contribution >= 4 is 11.9 Å². The summed E-state index contributed by atoms with van der Waals surface area (Å²) in [4.78, 5) is 21.8. The summed E-state index contributed by atoms with van der Waals surface area (Å²) in [6.07, 6.45) is -4.94. The Hall–Kier alpha value is -1.06. The summed E-state index contributed by atoms with van der Waals surface area (Å²) in [6, 6.07) is 0. The van der Waals surface area contributed by atoms with Gasteiger partial charge in [-0.15, -0.1) is 0 Å². The van der Waals surface area contributed by atoms with Gasteiger partial charge in [0.15, 0.2) is 6.61 Å². The standard InChI is InChI=1S/C8H14O4/c1-3-4-5-7(9)12-6-8(10)11-2/h3-6H2,1-2H3/i3D2,5D2. The lowest BCUT2D eigenvalue weighted by Crippen LogP contribution is -2.14. The van der Waals surface area contributed by atoms with Crippen molar-refractivity contribution in [1.29, 1.82) is 0 Å². The molecule has 0 spiro atoms. The minimum absolute atomic E-state index is 0.639. The highest BCUT2D eigenvalue weighted by Crippen LogP contribution is 1.96. The van der Waals surface area contributed by atoms with Crippen LogP contribution in [-0.4, -0.2) is 25.7 Å². The topological polar surface area (TPSA) is 52.6 Å². The summed E-state index contributed by atoms with van der Waals surface area (Å²) in [7, 11) is 1.11. The highest BCUT2D eigenvalue weighted by Gasteiger charge is 2.05. The lowest BCUT2D eigenvalue weighted by Gasteiger charge is -2.01. The molecule has 0 radical (unpaired) electrons. The first-order valence-corrected chi connectivity index (χ1v) is 3.32. The summed E-state index contributed by atoms with van der Waals surface area (Å²) >= 11 is 0. The average Bonchev–Trinajstić information content (AvgIpc) is 2.09. The first-order valence-electron chi connectivity index (χ1n) is 5.32. The summed E-state index contributed by atoms with van der Waals surface area (Å²) in [6.45, 7) is 0.472. The number of carbonyl (C=O) groups is 2. The third kappa shape index (κ3) is 5.70. The number of carbonyl (C=O) groups excluding carboxylic acids is 2. The van der Waals surface area contributed by atoms with Gasteiger partial charge < -0.3 is 9.47 Å². The zero-order chi connectivity index (χ0) is 13.0. The minimum atomic E-state index is -2.47. The van der Waals surface area contributed by atoms with Crippen LogP contribution in [0.25, 0.3) is 0 Å². The third-order valence-electron chi connectivity index (χ3n) is 0.958. The van der Waals surface area contributed by atoms with E-state index in [4.69, 9.17) is 5.48 Å². The predicted molar refractivity (Wildman–Crippen MR) is 42.5 cm³/mol. The van der Waals surface area contributed by atoms with Gasteiger partial charge in [0, 0.05) is 11.9 Å². The maximum atomic E-state index is 11.2. The number of rotatable bonds is 5. The fourth-order valence-electron chi connectivity index (χ4n) is 0.395. The smallest absolute Gasteiger partial charge is 0.344 e. The Kier molecular flexibility index (Phi) is 3.08. The molecule has 0 saturated carbocycles. The zero-order valence-electron chi connectivity index (χ0n) is 11.0. The van der Waals surface area contributed by atoms with E-state index in [1.807, 2.05) is 0 Å². The average molecular weight is 178 g/mol. The van der Waals surface area contributed by atoms with Crippen molar-refractivity contribution < 1.29 is 24.5 Å². The third-order valence-corrected chi connectivity index (χ3v) is 0.958. The normalized spacial score (nSPS) is 16.5. The van der Waals surface area contributed by atoms with E-state index in [-0.39, 0.29) is 0 Å². The second-order valence-electron chi connectivity index (χ2n) is 1.86. The fourth-order valence-corrected chi connectivity index (χ4v) is 0.395. The molecule has 0 aliphatic heterocycles. The van der Waals surface area contributed by atoms with Crippen LogP contribution in [0.3, 0.4) is 0 Å². The number of hydrogen-bond acceptors (Lipinski definition) is 4. The highest BCUT2D eigenvalue weighted by molar-refractivity contribution is 5.76. The van der Waals surface area contributed by atoms with Gasteiger partial charge in [0.1, 0.15) is 0 Å². The second-order valence-corrected chi connectivity index (χ2v) is 1.86. The Morgan fingerprint density at radius 2 is 2.08 bits per heavy atom. The molecule has 0 fully saturated rings. The molecule has 0 amide bonds. The van der Waals surface area contributed by atoms with E-state index in [1.54, 1.807) is 0 Å². The Morgan fingerprint density at radius 3 is 2.58 bits per heavy atom. The van der Waals surface area contributed by atoms with Crippen LogP contribution in [-0.2, 0) is 19.1 Å². The van der Waals surface area contributed by atoms with E-state index in [2.05, 4.69) is 9.47 Å². The highest BCUT2D eigenvalue weighted by atomic mass is 16.6. The van der Waals surface area contributed by atoms with Crippen molar-refractivity contribution in [2.45, 2.75) is 26.1 Å². The van der Waals surface area contributed by atoms with Crippen molar-refractivity contribution in [3.05, 3.63) is 0 Å². The Bertz CT molecular complexity index is 272. The maximum absolute atomic E-state index is 11.2. The van der Waals surface area contributed by atoms with Gasteiger partial charge in [-0.3, -0.25) is 4.79 Å². The molecule has 0 saturated heterocycles. The van der Waals surface area contributed by atoms with Gasteiger partial charge in [0.2, 0.25) is 0 Å². The number of esters is 2. The van der Waals surface area contributed by atoms with Gasteiger partial charge in [-0.2, -0.15) is 0 Å². The first-order chi connectivity index (χ1) is 7.08. The molecule has 0 aromatic carbocycles. The minimum Gasteiger partial charge on any atom is -0.466 e. The van der Waals surface area contributed by atoms with E-state index < -0.39 is 37.7 Å². The van der Waals surface area contributed by atoms with Crippen LogP contribution in [0.4, 0.5) is 0 Å². The van der Waals surface area contributed by atoms with Crippen molar-refractivity contribution in [3.63, 3.8) is 0 Å². The van der Waals surface area contributed by atoms with Gasteiger partial charge in [-0.25, -0.2) is 4.79 Å². The van der Waals surface area contributed by atoms with E-state index >= 15 is 0 Å². The lowest BCUT2D eigenvalue weighted by atomic mass is 10.2. The van der Waals surface area contributed by atoms with Crippen LogP contribution >= 0.6 is 0 Å². The van der Waals surface area contributed by atoms with Crippen molar-refractivity contribution in [1.82, 2.24) is 0 Å². The van der Waals surface area contributed by atoms with Gasteiger partial charge >= 0.3 is 11.9 Å². The molecule has 0 N–H and O–H groups in total. The molecule has 0 unspecified atom stereocenters. The second kappa shape index (κ2) is 6.64. The van der Waals surface area contributed by atoms with E-state index in [9.17, 15) is 9.59 Å². The summed E-state index contributed by atoms with van der Waals surface area (Å²) < 4.78 is 37.5. The lowest BCUT2D eigenvalue weighted by molar-refractivity contribution is -0.157. The molecule has 12 heavy (non-hydrogen) atoms. The largest absolute Gasteiger partial charge is 0.466 e. The van der Waals surface area contributed by atoms with Crippen molar-refractivity contribution in [2.24, 2.45) is 0 Å². The quantitative estimate of drug-likeness (QED) is 0.587. The monoisotopic (exact) mass is 178 g/mol. The molecule has 0 aliphatic carbocycles. The first kappa shape index (κ1) is 5.56. The predicted octanol–water partition coefficient (Wildman–Crippen LogP) is 0.893. The molecule has 0 aliphatic rings. The van der Waals surface area contributed by atoms with Crippen LogP contribution in [0.5, 0.6) is 0 Å². The summed E-state index contributed by atoms with van der Waals surface area (Å²) in [5.41, 5.74) is 0. The van der Waals surface area contributed by atoms with Crippen molar-refractivity contribution in [3.8, 4) is 0 Å². The molecular formula is C8H14O4. The zero-order valence-corrected chi connectivity index (χ0v) is 7.05. The fraction of sp³-hybridized carbons (Fsp3) is 0.750. The molecule has 70 valence electrons. The molecule has 4 nitrogen and oxygen atoms in total. The molecule has 0 aromatic heterocycles. The molecule has 0 heterocycles. The Labute approximate surface area is 77.5 Å². The molecule has 0 bridgehead atoms. The Balaban J connectivity index is 4.30. The van der Waals surface area contributed by atoms with E-state index in [0.29, 0.717) is 0 Å². The van der Waals surface area contributed by atoms with Crippen LogP contribution in [0, 0.1) is 0 Å². The van der Waals surface area contributed by atoms with Gasteiger partial charge in [-0.1, -0.05) is 13.3 Å². The van der Waals surface area contributed by atoms with E-state index in [1.165, 1.54) is 0 Å². The van der Waals surface area contributed by atoms with Gasteiger partial charge in [0.05, 0.1) is 7.11 Å². The van der Waals surface area contributed by atoms with Crippen LogP contribution in [0.15, 0.2) is 0 Å². The molecule has 0 aromatic rings. The maximum Gasteiger partial charge on any atom is 0.344 e. The van der Waals surface area contributed by atoms with Gasteiger partial charge in [-0.05, 0) is 6.42 Å². The van der Waals surface area contributed by atoms with Crippen LogP contribution < -0.4 is 0 Å². The molecule has 0 rings (SSSR count). The SMILES string of the molecule is [2H]C([2H])(C)CC([2H])([2H])C(=O)OCC(=O)OC. The van der Waals surface area contributed by atoms with Gasteiger partial charge in [0.25, 0.3) is 0 Å². The Morgan fingerprint density at radius 1 is 1.42 bits per heavy atom. The molecular weight excluding hydrogens is 160 g/mol. The van der Waals surface area contributed by atoms with Crippen LogP contribution in [0.2, 0.25) is 0 Å². The number of ether oxygens (including phenoxy) is 2. The van der Waals surface area contributed by atoms with Crippen molar-refractivity contribution in [2.75, 3.05) is 13.7 Å². The number of methoxy groups -OCH3 is 1. The number of hydrogen-bond donors (Lipinski definition) is 0. The molecule has 4 heteroatoms. The van der Waals surface area contributed by atoms with E-state index in [0.717, 1.165) is 14.0 Å². The van der Waals surface area contributed by atoms with Crippen LogP contribution in [0.1, 0.15) is 31.6 Å². The summed E-state index contributed by atoms with van der Waals surface area (Å²) in [5.74, 6) is -2.08.